The van der Waals surface area contributed by atoms with Crippen LogP contribution >= 0.6 is 11.6 Å². The zero-order valence-corrected chi connectivity index (χ0v) is 12.8. The summed E-state index contributed by atoms with van der Waals surface area (Å²) in [5, 5.41) is 9.37. The van der Waals surface area contributed by atoms with Gasteiger partial charge in [-0.15, -0.1) is 0 Å². The van der Waals surface area contributed by atoms with Gasteiger partial charge in [0.05, 0.1) is 24.6 Å². The van der Waals surface area contributed by atoms with Crippen molar-refractivity contribution < 1.29 is 9.53 Å². The number of halogens is 1. The Hall–Kier alpha value is -2.32. The van der Waals surface area contributed by atoms with Gasteiger partial charge in [-0.25, -0.2) is 9.78 Å². The third-order valence-corrected chi connectivity index (χ3v) is 4.34. The lowest BCUT2D eigenvalue weighted by molar-refractivity contribution is -0.151. The summed E-state index contributed by atoms with van der Waals surface area (Å²) >= 11 is 6.36. The fourth-order valence-electron chi connectivity index (χ4n) is 3.03. The number of ether oxygens (including phenoxy) is 1. The molecule has 1 aliphatic heterocycles. The van der Waals surface area contributed by atoms with Gasteiger partial charge in [-0.05, 0) is 31.9 Å². The summed E-state index contributed by atoms with van der Waals surface area (Å²) in [5.41, 5.74) is 1.06. The van der Waals surface area contributed by atoms with Gasteiger partial charge >= 0.3 is 5.97 Å². The molecule has 0 fully saturated rings. The number of nitrogens with zero attached hydrogens (tertiary/aromatic N) is 3. The van der Waals surface area contributed by atoms with Crippen molar-refractivity contribution in [1.29, 1.82) is 5.26 Å². The molecule has 2 heterocycles. The molecule has 1 unspecified atom stereocenters. The molecular weight excluding hydrogens is 302 g/mol. The van der Waals surface area contributed by atoms with Crippen LogP contribution in [0.15, 0.2) is 30.7 Å². The Bertz CT molecular complexity index is 778. The SMILES string of the molecule is CCOC(=O)C1(c2ccc(C#N)cc2Cl)CCc2cncn21. The van der Waals surface area contributed by atoms with Crippen LogP contribution in [0, 0.1) is 11.3 Å². The van der Waals surface area contributed by atoms with Crippen molar-refractivity contribution in [3.8, 4) is 6.07 Å². The second-order valence-electron chi connectivity index (χ2n) is 5.14. The molecule has 1 aliphatic rings. The fraction of sp³-hybridized carbons (Fsp3) is 0.312. The number of aromatic nitrogens is 2. The Morgan fingerprint density at radius 1 is 1.59 bits per heavy atom. The molecule has 22 heavy (non-hydrogen) atoms. The van der Waals surface area contributed by atoms with Crippen molar-refractivity contribution in [2.45, 2.75) is 25.3 Å². The lowest BCUT2D eigenvalue weighted by Crippen LogP contribution is -2.42. The van der Waals surface area contributed by atoms with Crippen LogP contribution in [0.1, 0.15) is 30.2 Å². The second kappa shape index (κ2) is 5.47. The minimum Gasteiger partial charge on any atom is -0.464 e. The first-order chi connectivity index (χ1) is 10.6. The second-order valence-corrected chi connectivity index (χ2v) is 5.55. The van der Waals surface area contributed by atoms with E-state index in [9.17, 15) is 4.79 Å². The van der Waals surface area contributed by atoms with Crippen molar-refractivity contribution in [2.75, 3.05) is 6.61 Å². The van der Waals surface area contributed by atoms with Gasteiger partial charge in [0.25, 0.3) is 0 Å². The minimum absolute atomic E-state index is 0.290. The summed E-state index contributed by atoms with van der Waals surface area (Å²) in [6.07, 6.45) is 4.66. The molecule has 112 valence electrons. The molecule has 0 radical (unpaired) electrons. The molecule has 0 spiro atoms. The third kappa shape index (κ3) is 1.99. The van der Waals surface area contributed by atoms with E-state index in [1.807, 2.05) is 10.6 Å². The van der Waals surface area contributed by atoms with Crippen molar-refractivity contribution in [3.05, 3.63) is 52.6 Å². The van der Waals surface area contributed by atoms with Gasteiger partial charge in [0.15, 0.2) is 5.54 Å². The average molecular weight is 316 g/mol. The first-order valence-electron chi connectivity index (χ1n) is 7.02. The number of carbonyl (C=O) groups excluding carboxylic acids is 1. The summed E-state index contributed by atoms with van der Waals surface area (Å²) in [6.45, 7) is 2.06. The maximum Gasteiger partial charge on any atom is 0.337 e. The van der Waals surface area contributed by atoms with Gasteiger partial charge in [-0.3, -0.25) is 0 Å². The summed E-state index contributed by atoms with van der Waals surface area (Å²) in [6, 6.07) is 7.02. The van der Waals surface area contributed by atoms with Crippen LogP contribution in [0.25, 0.3) is 0 Å². The number of aryl methyl sites for hydroxylation is 1. The van der Waals surface area contributed by atoms with Crippen LogP contribution in [0.3, 0.4) is 0 Å². The molecule has 1 atom stereocenters. The lowest BCUT2D eigenvalue weighted by Gasteiger charge is -2.30. The number of nitriles is 1. The van der Waals surface area contributed by atoms with Gasteiger partial charge in [-0.2, -0.15) is 5.26 Å². The van der Waals surface area contributed by atoms with Crippen LogP contribution < -0.4 is 0 Å². The Kier molecular flexibility index (Phi) is 3.63. The molecule has 3 rings (SSSR count). The zero-order chi connectivity index (χ0) is 15.7. The monoisotopic (exact) mass is 315 g/mol. The van der Waals surface area contributed by atoms with E-state index in [1.165, 1.54) is 0 Å². The van der Waals surface area contributed by atoms with Crippen molar-refractivity contribution in [3.63, 3.8) is 0 Å². The summed E-state index contributed by atoms with van der Waals surface area (Å²) in [4.78, 5) is 16.9. The van der Waals surface area contributed by atoms with Gasteiger partial charge in [0, 0.05) is 22.5 Å². The number of benzene rings is 1. The van der Waals surface area contributed by atoms with Gasteiger partial charge in [0.2, 0.25) is 0 Å². The van der Waals surface area contributed by atoms with Gasteiger partial charge in [-0.1, -0.05) is 17.7 Å². The van der Waals surface area contributed by atoms with E-state index in [0.29, 0.717) is 29.2 Å². The predicted molar refractivity (Wildman–Crippen MR) is 80.4 cm³/mol. The summed E-state index contributed by atoms with van der Waals surface area (Å²) in [7, 11) is 0. The molecular formula is C16H14ClN3O2. The predicted octanol–water partition coefficient (Wildman–Crippen LogP) is 2.66. The number of carbonyl (C=O) groups is 1. The number of imidazole rings is 1. The number of fused-ring (bicyclic) bond motifs is 1. The van der Waals surface area contributed by atoms with Crippen LogP contribution in [0.5, 0.6) is 0 Å². The molecule has 0 aliphatic carbocycles. The molecule has 1 aromatic heterocycles. The Labute approximate surface area is 133 Å². The Morgan fingerprint density at radius 2 is 2.41 bits per heavy atom. The van der Waals surface area contributed by atoms with E-state index in [1.54, 1.807) is 37.6 Å². The highest BCUT2D eigenvalue weighted by atomic mass is 35.5. The molecule has 0 N–H and O–H groups in total. The number of rotatable bonds is 3. The van der Waals surface area contributed by atoms with Crippen molar-refractivity contribution in [1.82, 2.24) is 9.55 Å². The quantitative estimate of drug-likeness (QED) is 0.817. The molecule has 0 saturated carbocycles. The summed E-state index contributed by atoms with van der Waals surface area (Å²) in [5.74, 6) is -0.349. The van der Waals surface area contributed by atoms with E-state index < -0.39 is 5.54 Å². The van der Waals surface area contributed by atoms with Crippen LogP contribution in [-0.4, -0.2) is 22.1 Å². The van der Waals surface area contributed by atoms with Gasteiger partial charge < -0.3 is 9.30 Å². The van der Waals surface area contributed by atoms with E-state index in [4.69, 9.17) is 21.6 Å². The van der Waals surface area contributed by atoms with E-state index in [2.05, 4.69) is 4.98 Å². The van der Waals surface area contributed by atoms with Crippen molar-refractivity contribution >= 4 is 17.6 Å². The minimum atomic E-state index is -1.01. The Morgan fingerprint density at radius 3 is 3.09 bits per heavy atom. The standard InChI is InChI=1S/C16H14ClN3O2/c1-2-22-15(21)16(6-5-12-9-19-10-20(12)16)13-4-3-11(8-18)7-14(13)17/h3-4,7,9-10H,2,5-6H2,1H3. The topological polar surface area (TPSA) is 67.9 Å². The highest BCUT2D eigenvalue weighted by molar-refractivity contribution is 6.31. The molecule has 1 aromatic carbocycles. The number of hydrogen-bond donors (Lipinski definition) is 0. The molecule has 5 nitrogen and oxygen atoms in total. The summed E-state index contributed by atoms with van der Waals surface area (Å²) < 4.78 is 7.14. The van der Waals surface area contributed by atoms with Crippen molar-refractivity contribution in [2.24, 2.45) is 0 Å². The maximum absolute atomic E-state index is 12.7. The van der Waals surface area contributed by atoms with Crippen LogP contribution in [-0.2, 0) is 21.5 Å². The lowest BCUT2D eigenvalue weighted by atomic mass is 9.87. The molecule has 6 heteroatoms. The highest BCUT2D eigenvalue weighted by Crippen LogP contribution is 2.42. The molecule has 0 bridgehead atoms. The maximum atomic E-state index is 12.7. The van der Waals surface area contributed by atoms with E-state index >= 15 is 0 Å². The average Bonchev–Trinajstić information content (AvgIpc) is 3.10. The Balaban J connectivity index is 2.21. The van der Waals surface area contributed by atoms with Crippen LogP contribution in [0.2, 0.25) is 5.02 Å². The molecule has 2 aromatic rings. The highest BCUT2D eigenvalue weighted by Gasteiger charge is 2.49. The molecule has 0 saturated heterocycles. The van der Waals surface area contributed by atoms with Crippen LogP contribution in [0.4, 0.5) is 0 Å². The first kappa shape index (κ1) is 14.6. The van der Waals surface area contributed by atoms with E-state index in [0.717, 1.165) is 12.1 Å². The number of hydrogen-bond acceptors (Lipinski definition) is 4. The van der Waals surface area contributed by atoms with E-state index in [-0.39, 0.29) is 5.97 Å². The number of esters is 1. The largest absolute Gasteiger partial charge is 0.464 e. The first-order valence-corrected chi connectivity index (χ1v) is 7.40. The zero-order valence-electron chi connectivity index (χ0n) is 12.0. The normalized spacial score (nSPS) is 19.5. The smallest absolute Gasteiger partial charge is 0.337 e. The molecule has 0 amide bonds. The van der Waals surface area contributed by atoms with Gasteiger partial charge in [0.1, 0.15) is 0 Å². The fourth-order valence-corrected chi connectivity index (χ4v) is 3.36. The third-order valence-electron chi connectivity index (χ3n) is 4.03.